The predicted molar refractivity (Wildman–Crippen MR) is 47.9 cm³/mol. The lowest BCUT2D eigenvalue weighted by Gasteiger charge is -2.25. The van der Waals surface area contributed by atoms with E-state index in [2.05, 4.69) is 18.6 Å². The number of nitrogens with zero attached hydrogens (tertiary/aromatic N) is 1. The second kappa shape index (κ2) is 4.18. The molecule has 0 amide bonds. The van der Waals surface area contributed by atoms with Crippen LogP contribution in [0.5, 0.6) is 0 Å². The van der Waals surface area contributed by atoms with E-state index in [4.69, 9.17) is 0 Å². The van der Waals surface area contributed by atoms with Crippen LogP contribution in [0.4, 0.5) is 0 Å². The van der Waals surface area contributed by atoms with Crippen LogP contribution in [-0.2, 0) is 0 Å². The van der Waals surface area contributed by atoms with E-state index in [1.54, 1.807) is 0 Å². The van der Waals surface area contributed by atoms with E-state index in [0.717, 1.165) is 30.4 Å². The lowest BCUT2D eigenvalue weighted by Crippen LogP contribution is -2.18. The molecular formula is C8H15NOP-. The summed E-state index contributed by atoms with van der Waals surface area (Å²) in [6.45, 7) is 4.47. The van der Waals surface area contributed by atoms with E-state index in [9.17, 15) is 4.89 Å². The minimum absolute atomic E-state index is 0.494. The van der Waals surface area contributed by atoms with Crippen LogP contribution >= 0.6 is 8.96 Å². The third-order valence-electron chi connectivity index (χ3n) is 2.18. The fourth-order valence-electron chi connectivity index (χ4n) is 1.90. The second-order valence-electron chi connectivity index (χ2n) is 3.62. The maximum atomic E-state index is 10.3. The molecule has 0 spiro atoms. The molecule has 0 aliphatic heterocycles. The van der Waals surface area contributed by atoms with Gasteiger partial charge in [-0.3, -0.25) is 4.76 Å². The fraction of sp³-hybridized carbons (Fsp3) is 0.875. The minimum atomic E-state index is -0.494. The van der Waals surface area contributed by atoms with Gasteiger partial charge in [0.15, 0.2) is 0 Å². The van der Waals surface area contributed by atoms with Crippen LogP contribution in [-0.4, -0.2) is 5.71 Å². The molecule has 0 aromatic carbocycles. The summed E-state index contributed by atoms with van der Waals surface area (Å²) < 4.78 is 3.97. The first-order valence-electron chi connectivity index (χ1n) is 4.15. The molecule has 3 unspecified atom stereocenters. The molecule has 0 heterocycles. The smallest absolute Gasteiger partial charge is 0.0155 e. The Morgan fingerprint density at radius 2 is 1.91 bits per heavy atom. The van der Waals surface area contributed by atoms with E-state index in [0.29, 0.717) is 0 Å². The van der Waals surface area contributed by atoms with Gasteiger partial charge < -0.3 is 4.89 Å². The van der Waals surface area contributed by atoms with Crippen molar-refractivity contribution in [2.75, 3.05) is 0 Å². The Labute approximate surface area is 70.0 Å². The molecule has 1 fully saturated rings. The summed E-state index contributed by atoms with van der Waals surface area (Å²) >= 11 is 0. The van der Waals surface area contributed by atoms with Crippen LogP contribution < -0.4 is 4.89 Å². The molecule has 64 valence electrons. The molecule has 0 aromatic rings. The first-order chi connectivity index (χ1) is 5.22. The highest BCUT2D eigenvalue weighted by Gasteiger charge is 2.19. The zero-order valence-electron chi connectivity index (χ0n) is 7.13. The van der Waals surface area contributed by atoms with Crippen molar-refractivity contribution in [2.24, 2.45) is 16.6 Å². The van der Waals surface area contributed by atoms with Crippen molar-refractivity contribution >= 4 is 14.7 Å². The van der Waals surface area contributed by atoms with E-state index in [1.807, 2.05) is 0 Å². The van der Waals surface area contributed by atoms with Gasteiger partial charge in [-0.05, 0) is 31.1 Å². The zero-order valence-corrected chi connectivity index (χ0v) is 8.13. The summed E-state index contributed by atoms with van der Waals surface area (Å²) in [5, 5.41) is 0. The highest BCUT2D eigenvalue weighted by atomic mass is 31.1. The molecule has 0 radical (unpaired) electrons. The number of hydrogen-bond acceptors (Lipinski definition) is 2. The van der Waals surface area contributed by atoms with Crippen LogP contribution in [0.15, 0.2) is 4.76 Å². The molecule has 0 bridgehead atoms. The van der Waals surface area contributed by atoms with Crippen molar-refractivity contribution in [1.29, 1.82) is 0 Å². The largest absolute Gasteiger partial charge is 0.814 e. The average molecular weight is 172 g/mol. The summed E-state index contributed by atoms with van der Waals surface area (Å²) in [6, 6.07) is 0. The van der Waals surface area contributed by atoms with E-state index >= 15 is 0 Å². The van der Waals surface area contributed by atoms with Crippen LogP contribution in [0.3, 0.4) is 0 Å². The van der Waals surface area contributed by atoms with Crippen molar-refractivity contribution in [2.45, 2.75) is 33.1 Å². The summed E-state index contributed by atoms with van der Waals surface area (Å²) in [5.74, 6) is 1.46. The van der Waals surface area contributed by atoms with Crippen LogP contribution in [0.2, 0.25) is 0 Å². The third kappa shape index (κ3) is 2.88. The molecule has 1 saturated carbocycles. The normalized spacial score (nSPS) is 33.2. The first-order valence-corrected chi connectivity index (χ1v) is 5.00. The molecule has 0 N–H and O–H groups in total. The molecule has 11 heavy (non-hydrogen) atoms. The van der Waals surface area contributed by atoms with Crippen LogP contribution in [0.25, 0.3) is 0 Å². The summed E-state index contributed by atoms with van der Waals surface area (Å²) in [7, 11) is -0.494. The Hall–Kier alpha value is 0.0600. The minimum Gasteiger partial charge on any atom is -0.814 e. The van der Waals surface area contributed by atoms with E-state index < -0.39 is 8.96 Å². The Bertz CT molecular complexity index is 146. The summed E-state index contributed by atoms with van der Waals surface area (Å²) in [5.41, 5.74) is 1.16. The van der Waals surface area contributed by atoms with Gasteiger partial charge in [0, 0.05) is 5.71 Å². The molecule has 3 atom stereocenters. The Morgan fingerprint density at radius 3 is 2.36 bits per heavy atom. The summed E-state index contributed by atoms with van der Waals surface area (Å²) in [6.07, 6.45) is 3.40. The highest BCUT2D eigenvalue weighted by Crippen LogP contribution is 2.27. The lowest BCUT2D eigenvalue weighted by molar-refractivity contribution is -0.150. The van der Waals surface area contributed by atoms with Gasteiger partial charge in [-0.25, -0.2) is 0 Å². The van der Waals surface area contributed by atoms with Gasteiger partial charge in [-0.2, -0.15) is 0 Å². The molecule has 0 saturated heterocycles. The Morgan fingerprint density at radius 1 is 1.36 bits per heavy atom. The van der Waals surface area contributed by atoms with Crippen molar-refractivity contribution in [3.05, 3.63) is 0 Å². The monoisotopic (exact) mass is 172 g/mol. The average Bonchev–Trinajstić information content (AvgIpc) is 1.85. The molecule has 3 heteroatoms. The topological polar surface area (TPSA) is 35.4 Å². The van der Waals surface area contributed by atoms with Crippen molar-refractivity contribution in [1.82, 2.24) is 0 Å². The Kier molecular flexibility index (Phi) is 3.47. The Balaban J connectivity index is 2.49. The van der Waals surface area contributed by atoms with Crippen molar-refractivity contribution in [3.8, 4) is 0 Å². The van der Waals surface area contributed by atoms with Gasteiger partial charge in [-0.15, -0.1) is 0 Å². The van der Waals surface area contributed by atoms with Crippen LogP contribution in [0.1, 0.15) is 33.1 Å². The van der Waals surface area contributed by atoms with Gasteiger partial charge in [0.2, 0.25) is 0 Å². The SMILES string of the molecule is CC1CC(=NP[O-])CC(C)C1. The van der Waals surface area contributed by atoms with Gasteiger partial charge in [0.1, 0.15) is 0 Å². The molecule has 1 rings (SSSR count). The molecular weight excluding hydrogens is 157 g/mol. The predicted octanol–water partition coefficient (Wildman–Crippen LogP) is 1.75. The van der Waals surface area contributed by atoms with Gasteiger partial charge in [0.25, 0.3) is 0 Å². The van der Waals surface area contributed by atoms with Gasteiger partial charge in [0.05, 0.1) is 0 Å². The number of hydrogen-bond donors (Lipinski definition) is 0. The lowest BCUT2D eigenvalue weighted by atomic mass is 9.82. The van der Waals surface area contributed by atoms with E-state index in [-0.39, 0.29) is 0 Å². The quantitative estimate of drug-likeness (QED) is 0.555. The van der Waals surface area contributed by atoms with Crippen molar-refractivity contribution in [3.63, 3.8) is 0 Å². The molecule has 1 aliphatic rings. The van der Waals surface area contributed by atoms with E-state index in [1.165, 1.54) is 6.42 Å². The summed E-state index contributed by atoms with van der Waals surface area (Å²) in [4.78, 5) is 10.3. The van der Waals surface area contributed by atoms with Gasteiger partial charge >= 0.3 is 0 Å². The molecule has 0 aromatic heterocycles. The van der Waals surface area contributed by atoms with Crippen LogP contribution in [0, 0.1) is 11.8 Å². The number of rotatable bonds is 1. The van der Waals surface area contributed by atoms with Crippen molar-refractivity contribution < 1.29 is 4.89 Å². The maximum absolute atomic E-state index is 10.3. The third-order valence-corrected chi connectivity index (χ3v) is 2.58. The van der Waals surface area contributed by atoms with Gasteiger partial charge in [-0.1, -0.05) is 22.8 Å². The zero-order chi connectivity index (χ0) is 8.27. The molecule has 1 aliphatic carbocycles. The standard InChI is InChI=1S/C8H15NOP/c1-6-3-7(2)5-8(4-6)9-11-10/h6-7,11H,3-5H2,1-2H3/q-1. The fourth-order valence-corrected chi connectivity index (χ4v) is 2.21. The molecule has 2 nitrogen and oxygen atoms in total. The first kappa shape index (κ1) is 9.15. The highest BCUT2D eigenvalue weighted by molar-refractivity contribution is 7.28. The maximum Gasteiger partial charge on any atom is 0.0155 e. The second-order valence-corrected chi connectivity index (χ2v) is 4.03.